The number of benzene rings is 1. The molecule has 2 rings (SSSR count). The molecule has 2 unspecified atom stereocenters. The van der Waals surface area contributed by atoms with E-state index in [1.165, 1.54) is 12.1 Å². The summed E-state index contributed by atoms with van der Waals surface area (Å²) in [7, 11) is 0. The van der Waals surface area contributed by atoms with Crippen LogP contribution in [-0.2, 0) is 12.6 Å². The van der Waals surface area contributed by atoms with E-state index >= 15 is 0 Å². The molecular formula is C17H20F3NO2. The normalized spacial score (nSPS) is 14.7. The summed E-state index contributed by atoms with van der Waals surface area (Å²) in [5, 5.41) is 13.2. The Balaban J connectivity index is 1.83. The van der Waals surface area contributed by atoms with E-state index in [1.807, 2.05) is 19.1 Å². The molecule has 1 heterocycles. The van der Waals surface area contributed by atoms with Gasteiger partial charge in [-0.15, -0.1) is 0 Å². The minimum atomic E-state index is -4.40. The van der Waals surface area contributed by atoms with E-state index in [0.717, 1.165) is 30.7 Å². The molecule has 0 aliphatic carbocycles. The minimum Gasteiger partial charge on any atom is -0.469 e. The summed E-state index contributed by atoms with van der Waals surface area (Å²) in [6.07, 6.45) is -2.20. The maximum atomic E-state index is 12.7. The molecule has 126 valence electrons. The van der Waals surface area contributed by atoms with E-state index < -0.39 is 17.8 Å². The lowest BCUT2D eigenvalue weighted by Gasteiger charge is -2.18. The van der Waals surface area contributed by atoms with Crippen molar-refractivity contribution in [3.8, 4) is 0 Å². The van der Waals surface area contributed by atoms with E-state index in [0.29, 0.717) is 0 Å². The van der Waals surface area contributed by atoms with Gasteiger partial charge in [-0.1, -0.05) is 12.1 Å². The van der Waals surface area contributed by atoms with Gasteiger partial charge < -0.3 is 14.8 Å². The highest BCUT2D eigenvalue weighted by Gasteiger charge is 2.30. The number of halogens is 3. The third-order valence-corrected chi connectivity index (χ3v) is 3.66. The van der Waals surface area contributed by atoms with Crippen molar-refractivity contribution < 1.29 is 22.7 Å². The number of nitrogens with one attached hydrogen (secondary N) is 1. The highest BCUT2D eigenvalue weighted by Crippen LogP contribution is 2.30. The van der Waals surface area contributed by atoms with Gasteiger partial charge in [0.25, 0.3) is 0 Å². The van der Waals surface area contributed by atoms with Crippen LogP contribution in [0.15, 0.2) is 47.1 Å². The van der Waals surface area contributed by atoms with Gasteiger partial charge >= 0.3 is 6.18 Å². The molecule has 0 aliphatic rings. The third kappa shape index (κ3) is 5.41. The van der Waals surface area contributed by atoms with Crippen molar-refractivity contribution >= 4 is 0 Å². The molecule has 0 radical (unpaired) electrons. The SMILES string of the molecule is CC(CCc1ccco1)NCC(O)c1cccc(C(F)(F)F)c1. The van der Waals surface area contributed by atoms with Gasteiger partial charge in [-0.3, -0.25) is 0 Å². The van der Waals surface area contributed by atoms with Crippen LogP contribution in [0, 0.1) is 0 Å². The number of hydrogen-bond acceptors (Lipinski definition) is 3. The van der Waals surface area contributed by atoms with Gasteiger partial charge in [0.05, 0.1) is 17.9 Å². The quantitative estimate of drug-likeness (QED) is 0.809. The lowest BCUT2D eigenvalue weighted by molar-refractivity contribution is -0.137. The molecule has 0 bridgehead atoms. The molecular weight excluding hydrogens is 307 g/mol. The fraction of sp³-hybridized carbons (Fsp3) is 0.412. The van der Waals surface area contributed by atoms with Crippen LogP contribution >= 0.6 is 0 Å². The smallest absolute Gasteiger partial charge is 0.416 e. The highest BCUT2D eigenvalue weighted by molar-refractivity contribution is 5.27. The van der Waals surface area contributed by atoms with Gasteiger partial charge in [0, 0.05) is 19.0 Å². The summed E-state index contributed by atoms with van der Waals surface area (Å²) >= 11 is 0. The van der Waals surface area contributed by atoms with Gasteiger partial charge in [-0.25, -0.2) is 0 Å². The average Bonchev–Trinajstić information content (AvgIpc) is 3.03. The molecule has 0 fully saturated rings. The molecule has 1 aromatic carbocycles. The standard InChI is InChI=1S/C17H20F3NO2/c1-12(7-8-15-6-3-9-23-15)21-11-16(22)13-4-2-5-14(10-13)17(18,19)20/h2-6,9-10,12,16,21-22H,7-8,11H2,1H3. The van der Waals surface area contributed by atoms with Crippen LogP contribution in [0.4, 0.5) is 13.2 Å². The van der Waals surface area contributed by atoms with Crippen LogP contribution in [0.25, 0.3) is 0 Å². The molecule has 0 amide bonds. The zero-order valence-corrected chi connectivity index (χ0v) is 12.8. The number of aryl methyl sites for hydroxylation is 1. The van der Waals surface area contributed by atoms with E-state index in [9.17, 15) is 18.3 Å². The Hall–Kier alpha value is -1.79. The molecule has 2 atom stereocenters. The van der Waals surface area contributed by atoms with Crippen LogP contribution in [0.5, 0.6) is 0 Å². The van der Waals surface area contributed by atoms with Gasteiger partial charge in [0.15, 0.2) is 0 Å². The topological polar surface area (TPSA) is 45.4 Å². The summed E-state index contributed by atoms with van der Waals surface area (Å²) in [6.45, 7) is 2.16. The largest absolute Gasteiger partial charge is 0.469 e. The van der Waals surface area contributed by atoms with Crippen LogP contribution in [-0.4, -0.2) is 17.7 Å². The van der Waals surface area contributed by atoms with Crippen molar-refractivity contribution in [2.45, 2.75) is 38.1 Å². The second-order valence-corrected chi connectivity index (χ2v) is 5.57. The monoisotopic (exact) mass is 327 g/mol. The molecule has 1 aromatic heterocycles. The fourth-order valence-corrected chi connectivity index (χ4v) is 2.27. The predicted molar refractivity (Wildman–Crippen MR) is 80.9 cm³/mol. The van der Waals surface area contributed by atoms with E-state index in [1.54, 1.807) is 6.26 Å². The lowest BCUT2D eigenvalue weighted by Crippen LogP contribution is -2.30. The Morgan fingerprint density at radius 2 is 2.00 bits per heavy atom. The number of hydrogen-bond donors (Lipinski definition) is 2. The van der Waals surface area contributed by atoms with Gasteiger partial charge in [-0.05, 0) is 43.2 Å². The fourth-order valence-electron chi connectivity index (χ4n) is 2.27. The van der Waals surface area contributed by atoms with Crippen molar-refractivity contribution in [2.75, 3.05) is 6.54 Å². The summed E-state index contributed by atoms with van der Waals surface area (Å²) in [6, 6.07) is 8.61. The van der Waals surface area contributed by atoms with Crippen LogP contribution < -0.4 is 5.32 Å². The lowest BCUT2D eigenvalue weighted by atomic mass is 10.0. The maximum Gasteiger partial charge on any atom is 0.416 e. The molecule has 2 N–H and O–H groups in total. The molecule has 6 heteroatoms. The molecule has 3 nitrogen and oxygen atoms in total. The number of rotatable bonds is 7. The average molecular weight is 327 g/mol. The predicted octanol–water partition coefficient (Wildman–Crippen LogP) is 3.94. The van der Waals surface area contributed by atoms with E-state index in [4.69, 9.17) is 4.42 Å². The zero-order chi connectivity index (χ0) is 16.9. The second-order valence-electron chi connectivity index (χ2n) is 5.57. The second kappa shape index (κ2) is 7.66. The molecule has 0 saturated carbocycles. The van der Waals surface area contributed by atoms with E-state index in [2.05, 4.69) is 5.32 Å². The van der Waals surface area contributed by atoms with Crippen molar-refractivity contribution in [3.05, 3.63) is 59.5 Å². The summed E-state index contributed by atoms with van der Waals surface area (Å²) in [5.41, 5.74) is -0.495. The zero-order valence-electron chi connectivity index (χ0n) is 12.8. The first-order valence-corrected chi connectivity index (χ1v) is 7.47. The van der Waals surface area contributed by atoms with Crippen molar-refractivity contribution in [2.24, 2.45) is 0 Å². The van der Waals surface area contributed by atoms with Crippen molar-refractivity contribution in [1.29, 1.82) is 0 Å². The van der Waals surface area contributed by atoms with Gasteiger partial charge in [-0.2, -0.15) is 13.2 Å². The number of furan rings is 1. The third-order valence-electron chi connectivity index (χ3n) is 3.66. The van der Waals surface area contributed by atoms with E-state index in [-0.39, 0.29) is 18.2 Å². The number of aliphatic hydroxyl groups excluding tert-OH is 1. The van der Waals surface area contributed by atoms with Crippen LogP contribution in [0.1, 0.15) is 36.3 Å². The number of aliphatic hydroxyl groups is 1. The van der Waals surface area contributed by atoms with Crippen LogP contribution in [0.2, 0.25) is 0 Å². The van der Waals surface area contributed by atoms with Gasteiger partial charge in [0.2, 0.25) is 0 Å². The summed E-state index contributed by atoms with van der Waals surface area (Å²) < 4.78 is 43.3. The highest BCUT2D eigenvalue weighted by atomic mass is 19.4. The Bertz CT molecular complexity index is 596. The first-order valence-electron chi connectivity index (χ1n) is 7.47. The number of alkyl halides is 3. The molecule has 0 spiro atoms. The summed E-state index contributed by atoms with van der Waals surface area (Å²) in [5.74, 6) is 0.886. The molecule has 0 saturated heterocycles. The van der Waals surface area contributed by atoms with Gasteiger partial charge in [0.1, 0.15) is 5.76 Å². The Morgan fingerprint density at radius 1 is 1.22 bits per heavy atom. The Kier molecular flexibility index (Phi) is 5.85. The molecule has 23 heavy (non-hydrogen) atoms. The van der Waals surface area contributed by atoms with Crippen LogP contribution in [0.3, 0.4) is 0 Å². The molecule has 0 aliphatic heterocycles. The van der Waals surface area contributed by atoms with Crippen molar-refractivity contribution in [3.63, 3.8) is 0 Å². The molecule has 2 aromatic rings. The Labute approximate surface area is 133 Å². The first kappa shape index (κ1) is 17.6. The minimum absolute atomic E-state index is 0.112. The first-order chi connectivity index (χ1) is 10.9. The maximum absolute atomic E-state index is 12.7. The summed E-state index contributed by atoms with van der Waals surface area (Å²) in [4.78, 5) is 0. The van der Waals surface area contributed by atoms with Crippen molar-refractivity contribution in [1.82, 2.24) is 5.32 Å². The Morgan fingerprint density at radius 3 is 2.65 bits per heavy atom.